The van der Waals surface area contributed by atoms with E-state index in [2.05, 4.69) is 6.92 Å². The van der Waals surface area contributed by atoms with Gasteiger partial charge in [-0.25, -0.2) is 4.98 Å². The number of para-hydroxylation sites is 1. The number of quaternary nitrogens is 1. The summed E-state index contributed by atoms with van der Waals surface area (Å²) in [4.78, 5) is 18.2. The fourth-order valence-corrected chi connectivity index (χ4v) is 4.07. The number of fused-ring (bicyclic) bond motifs is 2. The SMILES string of the molecule is CC[NH+]1C/C(=C\c2cc(OC)cc(OC)c2)c2nc3ccccc3c(C(=O)[O-])c2C1. The predicted octanol–water partition coefficient (Wildman–Crippen LogP) is 1.57. The smallest absolute Gasteiger partial charge is 0.123 e. The van der Waals surface area contributed by atoms with Gasteiger partial charge in [-0.05, 0) is 36.8 Å². The number of rotatable bonds is 5. The number of pyridine rings is 1. The Morgan fingerprint density at radius 1 is 1.13 bits per heavy atom. The van der Waals surface area contributed by atoms with Gasteiger partial charge in [0.25, 0.3) is 0 Å². The summed E-state index contributed by atoms with van der Waals surface area (Å²) in [5, 5.41) is 12.7. The van der Waals surface area contributed by atoms with Crippen molar-refractivity contribution in [1.82, 2.24) is 4.98 Å². The van der Waals surface area contributed by atoms with Gasteiger partial charge in [0.05, 0.1) is 37.9 Å². The van der Waals surface area contributed by atoms with Crippen molar-refractivity contribution < 1.29 is 24.3 Å². The van der Waals surface area contributed by atoms with E-state index in [4.69, 9.17) is 14.5 Å². The number of aromatic nitrogens is 1. The Hall–Kier alpha value is -3.38. The summed E-state index contributed by atoms with van der Waals surface area (Å²) in [5.74, 6) is 0.224. The van der Waals surface area contributed by atoms with Crippen LogP contribution in [0.3, 0.4) is 0 Å². The van der Waals surface area contributed by atoms with Crippen LogP contribution in [0.25, 0.3) is 22.6 Å². The van der Waals surface area contributed by atoms with E-state index in [1.54, 1.807) is 20.3 Å². The summed E-state index contributed by atoms with van der Waals surface area (Å²) in [6.07, 6.45) is 2.04. The number of methoxy groups -OCH3 is 2. The number of nitrogens with one attached hydrogen (secondary N) is 1. The van der Waals surface area contributed by atoms with Crippen LogP contribution in [-0.4, -0.2) is 38.3 Å². The molecule has 1 N–H and O–H groups in total. The number of carbonyl (C=O) groups excluding carboxylic acids is 1. The number of aromatic carboxylic acids is 1. The molecule has 0 spiro atoms. The molecule has 2 aromatic carbocycles. The van der Waals surface area contributed by atoms with Crippen molar-refractivity contribution in [3.63, 3.8) is 0 Å². The molecular weight excluding hydrogens is 380 g/mol. The maximum absolute atomic E-state index is 12.1. The Morgan fingerprint density at radius 3 is 2.47 bits per heavy atom. The first-order valence-corrected chi connectivity index (χ1v) is 9.94. The second-order valence-corrected chi connectivity index (χ2v) is 7.39. The molecule has 6 heteroatoms. The zero-order chi connectivity index (χ0) is 21.3. The average molecular weight is 404 g/mol. The molecular formula is C24H24N2O4. The number of hydrogen-bond acceptors (Lipinski definition) is 5. The molecule has 154 valence electrons. The van der Waals surface area contributed by atoms with E-state index in [-0.39, 0.29) is 5.56 Å². The van der Waals surface area contributed by atoms with Gasteiger partial charge < -0.3 is 24.3 Å². The second kappa shape index (κ2) is 8.16. The van der Waals surface area contributed by atoms with Gasteiger partial charge in [-0.1, -0.05) is 18.2 Å². The Balaban J connectivity index is 1.96. The number of likely N-dealkylation sites (N-methyl/N-ethyl adjacent to an activating group) is 1. The molecule has 1 atom stereocenters. The number of nitrogens with zero attached hydrogens (tertiary/aromatic N) is 1. The highest BCUT2D eigenvalue weighted by Gasteiger charge is 2.28. The minimum Gasteiger partial charge on any atom is -0.545 e. The van der Waals surface area contributed by atoms with E-state index in [1.807, 2.05) is 42.5 Å². The highest BCUT2D eigenvalue weighted by Crippen LogP contribution is 2.31. The molecule has 0 saturated carbocycles. The first kappa shape index (κ1) is 19.9. The quantitative estimate of drug-likeness (QED) is 0.699. The van der Waals surface area contributed by atoms with Crippen molar-refractivity contribution in [2.75, 3.05) is 27.3 Å². The number of hydrogen-bond donors (Lipinski definition) is 1. The molecule has 3 aromatic rings. The lowest BCUT2D eigenvalue weighted by Gasteiger charge is -2.29. The molecule has 1 aliphatic rings. The van der Waals surface area contributed by atoms with Crippen LogP contribution in [0.4, 0.5) is 0 Å². The molecule has 2 heterocycles. The Kier molecular flexibility index (Phi) is 5.42. The third kappa shape index (κ3) is 3.62. The molecule has 0 saturated heterocycles. The largest absolute Gasteiger partial charge is 0.545 e. The lowest BCUT2D eigenvalue weighted by atomic mass is 9.92. The fourth-order valence-electron chi connectivity index (χ4n) is 4.07. The number of carbonyl (C=O) groups is 1. The van der Waals surface area contributed by atoms with E-state index in [1.165, 1.54) is 4.90 Å². The summed E-state index contributed by atoms with van der Waals surface area (Å²) in [6, 6.07) is 13.0. The molecule has 1 aromatic heterocycles. The van der Waals surface area contributed by atoms with Gasteiger partial charge in [0.15, 0.2) is 0 Å². The van der Waals surface area contributed by atoms with Crippen LogP contribution in [0.5, 0.6) is 11.5 Å². The standard InChI is InChI=1S/C24H24N2O4/c1-4-26-13-16(9-15-10-17(29-2)12-18(11-15)30-3)23-20(14-26)22(24(27)28)19-7-5-6-8-21(19)25-23/h5-12H,4,13-14H2,1-3H3,(H,27,28)/b16-9+. The summed E-state index contributed by atoms with van der Waals surface area (Å²) in [7, 11) is 3.23. The molecule has 0 aliphatic carbocycles. The first-order chi connectivity index (χ1) is 14.5. The van der Waals surface area contributed by atoms with E-state index in [9.17, 15) is 9.90 Å². The Labute approximate surface area is 175 Å². The van der Waals surface area contributed by atoms with Crippen molar-refractivity contribution in [3.8, 4) is 11.5 Å². The van der Waals surface area contributed by atoms with Crippen molar-refractivity contribution in [1.29, 1.82) is 0 Å². The van der Waals surface area contributed by atoms with Crippen LogP contribution in [0, 0.1) is 0 Å². The van der Waals surface area contributed by atoms with Gasteiger partial charge in [-0.15, -0.1) is 0 Å². The first-order valence-electron chi connectivity index (χ1n) is 9.94. The second-order valence-electron chi connectivity index (χ2n) is 7.39. The topological polar surface area (TPSA) is 75.9 Å². The minimum atomic E-state index is -1.16. The predicted molar refractivity (Wildman–Crippen MR) is 114 cm³/mol. The molecule has 4 rings (SSSR count). The van der Waals surface area contributed by atoms with Crippen LogP contribution in [-0.2, 0) is 6.54 Å². The summed E-state index contributed by atoms with van der Waals surface area (Å²) < 4.78 is 10.8. The van der Waals surface area contributed by atoms with Crippen LogP contribution < -0.4 is 19.5 Å². The monoisotopic (exact) mass is 404 g/mol. The van der Waals surface area contributed by atoms with Crippen LogP contribution >= 0.6 is 0 Å². The van der Waals surface area contributed by atoms with E-state index < -0.39 is 5.97 Å². The van der Waals surface area contributed by atoms with E-state index in [0.29, 0.717) is 28.9 Å². The van der Waals surface area contributed by atoms with E-state index >= 15 is 0 Å². The molecule has 0 radical (unpaired) electrons. The van der Waals surface area contributed by atoms with Gasteiger partial charge in [0.2, 0.25) is 0 Å². The third-order valence-corrected chi connectivity index (χ3v) is 5.58. The van der Waals surface area contributed by atoms with Crippen molar-refractivity contribution in [2.45, 2.75) is 13.5 Å². The van der Waals surface area contributed by atoms with Crippen LogP contribution in [0.15, 0.2) is 42.5 Å². The number of ether oxygens (including phenoxy) is 2. The van der Waals surface area contributed by atoms with Gasteiger partial charge in [-0.2, -0.15) is 0 Å². The van der Waals surface area contributed by atoms with Crippen molar-refractivity contribution in [3.05, 3.63) is 64.8 Å². The Bertz CT molecular complexity index is 1130. The molecule has 0 amide bonds. The number of carboxylic acid groups (broad SMARTS) is 1. The molecule has 0 fully saturated rings. The average Bonchev–Trinajstić information content (AvgIpc) is 2.76. The van der Waals surface area contributed by atoms with E-state index in [0.717, 1.165) is 35.5 Å². The number of carboxylic acids is 1. The molecule has 0 bridgehead atoms. The lowest BCUT2D eigenvalue weighted by Crippen LogP contribution is -3.11. The van der Waals surface area contributed by atoms with Gasteiger partial charge in [0.1, 0.15) is 24.6 Å². The summed E-state index contributed by atoms with van der Waals surface area (Å²) >= 11 is 0. The van der Waals surface area contributed by atoms with Crippen LogP contribution in [0.2, 0.25) is 0 Å². The van der Waals surface area contributed by atoms with Crippen molar-refractivity contribution in [2.24, 2.45) is 0 Å². The van der Waals surface area contributed by atoms with Crippen molar-refractivity contribution >= 4 is 28.5 Å². The van der Waals surface area contributed by atoms with Gasteiger partial charge in [-0.3, -0.25) is 0 Å². The highest BCUT2D eigenvalue weighted by atomic mass is 16.5. The molecule has 30 heavy (non-hydrogen) atoms. The van der Waals surface area contributed by atoms with Crippen LogP contribution in [0.1, 0.15) is 34.1 Å². The molecule has 1 unspecified atom stereocenters. The molecule has 1 aliphatic heterocycles. The fraction of sp³-hybridized carbons (Fsp3) is 0.250. The highest BCUT2D eigenvalue weighted by molar-refractivity contribution is 6.05. The number of benzene rings is 2. The van der Waals surface area contributed by atoms with Gasteiger partial charge in [0, 0.05) is 28.2 Å². The third-order valence-electron chi connectivity index (χ3n) is 5.58. The lowest BCUT2D eigenvalue weighted by molar-refractivity contribution is -0.905. The normalized spacial score (nSPS) is 17.0. The maximum Gasteiger partial charge on any atom is 0.123 e. The summed E-state index contributed by atoms with van der Waals surface area (Å²) in [5.41, 5.74) is 4.26. The zero-order valence-corrected chi connectivity index (χ0v) is 17.3. The van der Waals surface area contributed by atoms with Gasteiger partial charge >= 0.3 is 0 Å². The maximum atomic E-state index is 12.1. The zero-order valence-electron chi connectivity index (χ0n) is 17.3. The minimum absolute atomic E-state index is 0.246. The summed E-state index contributed by atoms with van der Waals surface area (Å²) in [6.45, 7) is 4.32. The molecule has 6 nitrogen and oxygen atoms in total. The Morgan fingerprint density at radius 2 is 1.83 bits per heavy atom.